The van der Waals surface area contributed by atoms with Gasteiger partial charge in [0.25, 0.3) is 0 Å². The summed E-state index contributed by atoms with van der Waals surface area (Å²) in [5, 5.41) is 0. The van der Waals surface area contributed by atoms with E-state index in [4.69, 9.17) is 5.73 Å². The second-order valence-corrected chi connectivity index (χ2v) is 4.56. The maximum absolute atomic E-state index is 11.0. The van der Waals surface area contributed by atoms with Crippen LogP contribution in [0.3, 0.4) is 0 Å². The summed E-state index contributed by atoms with van der Waals surface area (Å²) in [5.74, 6) is 0.108. The molecule has 0 spiro atoms. The van der Waals surface area contributed by atoms with Crippen LogP contribution in [0.25, 0.3) is 0 Å². The molecule has 72 valence electrons. The number of nitrogen functional groups attached to an aromatic ring is 1. The molecule has 0 aromatic carbocycles. The van der Waals surface area contributed by atoms with Gasteiger partial charge in [0.15, 0.2) is 0 Å². The molecule has 0 aliphatic carbocycles. The van der Waals surface area contributed by atoms with Gasteiger partial charge in [-0.25, -0.2) is 22.7 Å². The molecule has 1 aromatic rings. The van der Waals surface area contributed by atoms with E-state index in [1.807, 2.05) is 0 Å². The van der Waals surface area contributed by atoms with E-state index in [0.29, 0.717) is 5.69 Å². The summed E-state index contributed by atoms with van der Waals surface area (Å²) >= 11 is 0. The van der Waals surface area contributed by atoms with Crippen LogP contribution in [-0.2, 0) is 10.0 Å². The summed E-state index contributed by atoms with van der Waals surface area (Å²) in [6.45, 7) is 0. The minimum Gasteiger partial charge on any atom is -0.396 e. The summed E-state index contributed by atoms with van der Waals surface area (Å²) in [6, 6.07) is 0. The Hall–Kier alpha value is -1.37. The van der Waals surface area contributed by atoms with Crippen molar-refractivity contribution in [1.29, 1.82) is 0 Å². The van der Waals surface area contributed by atoms with E-state index in [9.17, 15) is 8.42 Å². The topological polar surface area (TPSA) is 89.2 Å². The van der Waals surface area contributed by atoms with E-state index < -0.39 is 10.0 Å². The lowest BCUT2D eigenvalue weighted by molar-refractivity contribution is 0.599. The molecule has 0 fully saturated rings. The van der Waals surface area contributed by atoms with E-state index in [0.717, 1.165) is 10.6 Å². The normalized spacial score (nSPS) is 11.2. The predicted octanol–water partition coefficient (Wildman–Crippen LogP) is -0.545. The van der Waals surface area contributed by atoms with Gasteiger partial charge in [0.1, 0.15) is 0 Å². The highest BCUT2D eigenvalue weighted by Gasteiger charge is 2.13. The van der Waals surface area contributed by atoms with Gasteiger partial charge in [-0.05, 0) is 0 Å². The van der Waals surface area contributed by atoms with Crippen molar-refractivity contribution in [3.63, 3.8) is 0 Å². The van der Waals surface area contributed by atoms with E-state index in [1.54, 1.807) is 0 Å². The maximum atomic E-state index is 11.0. The van der Waals surface area contributed by atoms with Crippen molar-refractivity contribution in [2.24, 2.45) is 0 Å². The van der Waals surface area contributed by atoms with Gasteiger partial charge in [0.05, 0.1) is 24.3 Å². The molecule has 6 nitrogen and oxygen atoms in total. The average Bonchev–Trinajstić information content (AvgIpc) is 2.03. The Morgan fingerprint density at radius 2 is 1.85 bits per heavy atom. The second-order valence-electron chi connectivity index (χ2n) is 2.55. The van der Waals surface area contributed by atoms with Crippen LogP contribution in [0.15, 0.2) is 12.4 Å². The highest BCUT2D eigenvalue weighted by Crippen LogP contribution is 2.08. The molecule has 0 aliphatic heterocycles. The summed E-state index contributed by atoms with van der Waals surface area (Å²) in [6.07, 6.45) is 3.78. The van der Waals surface area contributed by atoms with Gasteiger partial charge in [-0.2, -0.15) is 0 Å². The Morgan fingerprint density at radius 1 is 1.38 bits per heavy atom. The van der Waals surface area contributed by atoms with Crippen molar-refractivity contribution in [2.75, 3.05) is 23.3 Å². The first-order chi connectivity index (χ1) is 5.91. The van der Waals surface area contributed by atoms with Gasteiger partial charge in [-0.15, -0.1) is 0 Å². The molecule has 0 saturated carbocycles. The van der Waals surface area contributed by atoms with E-state index >= 15 is 0 Å². The summed E-state index contributed by atoms with van der Waals surface area (Å²) in [4.78, 5) is 7.51. The molecule has 0 atom stereocenters. The maximum Gasteiger partial charge on any atom is 0.239 e. The average molecular weight is 202 g/mol. The van der Waals surface area contributed by atoms with Gasteiger partial charge >= 0.3 is 0 Å². The molecule has 0 amide bonds. The fraction of sp³-hybridized carbons (Fsp3) is 0.333. The highest BCUT2D eigenvalue weighted by atomic mass is 32.2. The third-order valence-electron chi connectivity index (χ3n) is 1.44. The third-order valence-corrected chi connectivity index (χ3v) is 2.60. The van der Waals surface area contributed by atoms with Crippen LogP contribution in [0.4, 0.5) is 11.6 Å². The molecule has 0 saturated heterocycles. The number of nitrogens with zero attached hydrogens (tertiary/aromatic N) is 3. The highest BCUT2D eigenvalue weighted by molar-refractivity contribution is 7.92. The largest absolute Gasteiger partial charge is 0.396 e. The molecule has 7 heteroatoms. The first-order valence-corrected chi connectivity index (χ1v) is 5.27. The van der Waals surface area contributed by atoms with Crippen LogP contribution in [0.2, 0.25) is 0 Å². The Balaban J connectivity index is 3.04. The number of sulfonamides is 1. The van der Waals surface area contributed by atoms with Crippen molar-refractivity contribution in [3.05, 3.63) is 12.4 Å². The van der Waals surface area contributed by atoms with Gasteiger partial charge in [0, 0.05) is 7.05 Å². The lowest BCUT2D eigenvalue weighted by Gasteiger charge is -2.13. The van der Waals surface area contributed by atoms with Gasteiger partial charge in [-0.3, -0.25) is 0 Å². The predicted molar refractivity (Wildman–Crippen MR) is 49.7 cm³/mol. The summed E-state index contributed by atoms with van der Waals surface area (Å²) in [5.41, 5.74) is 5.74. The zero-order chi connectivity index (χ0) is 10.1. The standard InChI is InChI=1S/C6H10N4O2S/c1-10(13(2,11)12)6-8-3-5(7)4-9-6/h3-4H,7H2,1-2H3. The molecule has 1 heterocycles. The SMILES string of the molecule is CN(c1ncc(N)cn1)S(C)(=O)=O. The molecular formula is C6H10N4O2S. The molecule has 1 aromatic heterocycles. The molecule has 0 radical (unpaired) electrons. The zero-order valence-corrected chi connectivity index (χ0v) is 8.11. The van der Waals surface area contributed by atoms with Gasteiger partial charge in [0.2, 0.25) is 16.0 Å². The van der Waals surface area contributed by atoms with Crippen molar-refractivity contribution in [2.45, 2.75) is 0 Å². The second kappa shape index (κ2) is 3.17. The number of hydrogen-bond donors (Lipinski definition) is 1. The lowest BCUT2D eigenvalue weighted by Crippen LogP contribution is -2.26. The van der Waals surface area contributed by atoms with Crippen LogP contribution < -0.4 is 10.0 Å². The number of nitrogens with two attached hydrogens (primary N) is 1. The summed E-state index contributed by atoms with van der Waals surface area (Å²) < 4.78 is 23.0. The zero-order valence-electron chi connectivity index (χ0n) is 7.30. The molecule has 0 unspecified atom stereocenters. The quantitative estimate of drug-likeness (QED) is 0.695. The lowest BCUT2D eigenvalue weighted by atomic mass is 10.6. The minimum atomic E-state index is -3.30. The van der Waals surface area contributed by atoms with Crippen molar-refractivity contribution in [1.82, 2.24) is 9.97 Å². The van der Waals surface area contributed by atoms with E-state index in [-0.39, 0.29) is 5.95 Å². The Bertz CT molecular complexity index is 386. The number of hydrogen-bond acceptors (Lipinski definition) is 5. The Kier molecular flexibility index (Phi) is 2.37. The molecule has 2 N–H and O–H groups in total. The van der Waals surface area contributed by atoms with Crippen LogP contribution in [-0.4, -0.2) is 31.7 Å². The number of aromatic nitrogens is 2. The van der Waals surface area contributed by atoms with Crippen LogP contribution in [0.5, 0.6) is 0 Å². The first-order valence-electron chi connectivity index (χ1n) is 3.42. The monoisotopic (exact) mass is 202 g/mol. The Morgan fingerprint density at radius 3 is 2.23 bits per heavy atom. The van der Waals surface area contributed by atoms with Crippen LogP contribution >= 0.6 is 0 Å². The molecule has 1 rings (SSSR count). The van der Waals surface area contributed by atoms with E-state index in [2.05, 4.69) is 9.97 Å². The van der Waals surface area contributed by atoms with Crippen molar-refractivity contribution in [3.8, 4) is 0 Å². The van der Waals surface area contributed by atoms with Crippen molar-refractivity contribution < 1.29 is 8.42 Å². The fourth-order valence-corrected chi connectivity index (χ4v) is 1.03. The van der Waals surface area contributed by atoms with Gasteiger partial charge in [-0.1, -0.05) is 0 Å². The molecule has 0 aliphatic rings. The van der Waals surface area contributed by atoms with Crippen molar-refractivity contribution >= 4 is 21.7 Å². The minimum absolute atomic E-state index is 0.108. The Labute approximate surface area is 76.5 Å². The van der Waals surface area contributed by atoms with Gasteiger partial charge < -0.3 is 5.73 Å². The van der Waals surface area contributed by atoms with E-state index in [1.165, 1.54) is 19.4 Å². The molecular weight excluding hydrogens is 192 g/mol. The first kappa shape index (κ1) is 9.72. The summed E-state index contributed by atoms with van der Waals surface area (Å²) in [7, 11) is -1.93. The smallest absolute Gasteiger partial charge is 0.239 e. The third kappa shape index (κ3) is 2.28. The number of rotatable bonds is 2. The molecule has 0 bridgehead atoms. The fourth-order valence-electron chi connectivity index (χ4n) is 0.642. The molecule has 13 heavy (non-hydrogen) atoms. The van der Waals surface area contributed by atoms with Crippen LogP contribution in [0, 0.1) is 0 Å². The number of anilines is 2. The van der Waals surface area contributed by atoms with Crippen LogP contribution in [0.1, 0.15) is 0 Å².